The second-order valence-corrected chi connectivity index (χ2v) is 5.40. The van der Waals surface area contributed by atoms with Crippen molar-refractivity contribution in [3.8, 4) is 0 Å². The van der Waals surface area contributed by atoms with Gasteiger partial charge in [0.25, 0.3) is 0 Å². The van der Waals surface area contributed by atoms with E-state index in [0.29, 0.717) is 0 Å². The van der Waals surface area contributed by atoms with Gasteiger partial charge in [0.1, 0.15) is 0 Å². The summed E-state index contributed by atoms with van der Waals surface area (Å²) in [5.41, 5.74) is 0. The van der Waals surface area contributed by atoms with Crippen molar-refractivity contribution in [1.29, 1.82) is 0 Å². The number of hydrogen-bond acceptors (Lipinski definition) is 2. The molecule has 0 spiro atoms. The molecule has 0 radical (unpaired) electrons. The van der Waals surface area contributed by atoms with Crippen molar-refractivity contribution in [3.63, 3.8) is 0 Å². The highest BCUT2D eigenvalue weighted by atomic mass is 16.5. The van der Waals surface area contributed by atoms with Crippen LogP contribution in [0.3, 0.4) is 0 Å². The molecule has 0 aromatic rings. The smallest absolute Gasteiger partial charge is 0.0495 e. The normalized spacial score (nSPS) is 29.8. The molecule has 0 saturated carbocycles. The number of nitrogens with zero attached hydrogens (tertiary/aromatic N) is 1. The fourth-order valence-electron chi connectivity index (χ4n) is 2.70. The van der Waals surface area contributed by atoms with Gasteiger partial charge < -0.3 is 9.64 Å². The summed E-state index contributed by atoms with van der Waals surface area (Å²) in [6.45, 7) is 8.41. The number of hydrogen-bond donors (Lipinski definition) is 0. The molecule has 15 heavy (non-hydrogen) atoms. The van der Waals surface area contributed by atoms with Gasteiger partial charge in [0.2, 0.25) is 0 Å². The molecule has 0 bridgehead atoms. The zero-order valence-corrected chi connectivity index (χ0v) is 10.1. The van der Waals surface area contributed by atoms with Crippen LogP contribution in [0.15, 0.2) is 0 Å². The Morgan fingerprint density at radius 3 is 2.67 bits per heavy atom. The first-order chi connectivity index (χ1) is 7.34. The lowest BCUT2D eigenvalue weighted by atomic mass is 9.98. The minimum absolute atomic E-state index is 0.869. The van der Waals surface area contributed by atoms with Crippen LogP contribution >= 0.6 is 0 Å². The van der Waals surface area contributed by atoms with Crippen LogP contribution in [-0.2, 0) is 4.74 Å². The molecule has 2 aliphatic rings. The van der Waals surface area contributed by atoms with Crippen molar-refractivity contribution >= 4 is 0 Å². The number of ether oxygens (including phenoxy) is 1. The second-order valence-electron chi connectivity index (χ2n) is 5.40. The van der Waals surface area contributed by atoms with Crippen LogP contribution in [0, 0.1) is 11.8 Å². The highest BCUT2D eigenvalue weighted by Crippen LogP contribution is 2.20. The predicted molar refractivity (Wildman–Crippen MR) is 63.0 cm³/mol. The molecule has 2 rings (SSSR count). The number of likely N-dealkylation sites (tertiary alicyclic amines) is 1. The van der Waals surface area contributed by atoms with Crippen LogP contribution in [0.5, 0.6) is 0 Å². The summed E-state index contributed by atoms with van der Waals surface area (Å²) in [5.74, 6) is 1.83. The van der Waals surface area contributed by atoms with Gasteiger partial charge in [-0.2, -0.15) is 0 Å². The monoisotopic (exact) mass is 211 g/mol. The Morgan fingerprint density at radius 1 is 1.20 bits per heavy atom. The molecule has 2 aliphatic heterocycles. The van der Waals surface area contributed by atoms with Gasteiger partial charge in [-0.05, 0) is 63.6 Å². The van der Waals surface area contributed by atoms with E-state index in [4.69, 9.17) is 4.74 Å². The largest absolute Gasteiger partial charge is 0.381 e. The molecular weight excluding hydrogens is 186 g/mol. The van der Waals surface area contributed by atoms with Crippen LogP contribution in [0.25, 0.3) is 0 Å². The summed E-state index contributed by atoms with van der Waals surface area (Å²) in [5, 5.41) is 0. The average Bonchev–Trinajstić information content (AvgIpc) is 2.74. The van der Waals surface area contributed by atoms with E-state index in [1.807, 2.05) is 0 Å². The lowest BCUT2D eigenvalue weighted by Crippen LogP contribution is -2.33. The second kappa shape index (κ2) is 5.86. The Morgan fingerprint density at radius 2 is 2.00 bits per heavy atom. The van der Waals surface area contributed by atoms with Gasteiger partial charge in [-0.1, -0.05) is 6.92 Å². The van der Waals surface area contributed by atoms with Gasteiger partial charge in [-0.25, -0.2) is 0 Å². The number of piperidine rings is 1. The molecule has 0 amide bonds. The minimum atomic E-state index is 0.869. The highest BCUT2D eigenvalue weighted by molar-refractivity contribution is 4.70. The Kier molecular flexibility index (Phi) is 4.45. The molecule has 0 aromatic heterocycles. The number of rotatable bonds is 4. The third-order valence-electron chi connectivity index (χ3n) is 3.99. The summed E-state index contributed by atoms with van der Waals surface area (Å²) < 4.78 is 5.40. The molecule has 0 N–H and O–H groups in total. The van der Waals surface area contributed by atoms with Crippen LogP contribution in [0.1, 0.15) is 39.0 Å². The molecule has 2 nitrogen and oxygen atoms in total. The molecule has 2 fully saturated rings. The zero-order chi connectivity index (χ0) is 10.5. The first kappa shape index (κ1) is 11.4. The molecule has 0 aromatic carbocycles. The van der Waals surface area contributed by atoms with E-state index in [9.17, 15) is 0 Å². The average molecular weight is 211 g/mol. The molecule has 2 heteroatoms. The first-order valence-corrected chi connectivity index (χ1v) is 6.64. The fraction of sp³-hybridized carbons (Fsp3) is 1.00. The fourth-order valence-corrected chi connectivity index (χ4v) is 2.70. The summed E-state index contributed by atoms with van der Waals surface area (Å²) in [7, 11) is 0. The van der Waals surface area contributed by atoms with Gasteiger partial charge in [0, 0.05) is 13.2 Å². The maximum Gasteiger partial charge on any atom is 0.0495 e. The Labute approximate surface area is 94.0 Å². The van der Waals surface area contributed by atoms with Gasteiger partial charge in [-0.15, -0.1) is 0 Å². The van der Waals surface area contributed by atoms with E-state index in [2.05, 4.69) is 11.8 Å². The van der Waals surface area contributed by atoms with Crippen molar-refractivity contribution in [1.82, 2.24) is 4.90 Å². The summed E-state index contributed by atoms with van der Waals surface area (Å²) in [6, 6.07) is 0. The Bertz CT molecular complexity index is 169. The van der Waals surface area contributed by atoms with E-state index in [1.165, 1.54) is 51.7 Å². The van der Waals surface area contributed by atoms with Crippen molar-refractivity contribution in [2.75, 3.05) is 32.8 Å². The standard InChI is InChI=1S/C13H25NO/c1-12-4-8-14(9-5-12)7-2-3-13-6-10-15-11-13/h12-13H,2-11H2,1H3. The summed E-state index contributed by atoms with van der Waals surface area (Å²) in [6.07, 6.45) is 6.88. The SMILES string of the molecule is CC1CCN(CCCC2CCOC2)CC1. The van der Waals surface area contributed by atoms with E-state index in [1.54, 1.807) is 0 Å². The first-order valence-electron chi connectivity index (χ1n) is 6.64. The maximum atomic E-state index is 5.40. The quantitative estimate of drug-likeness (QED) is 0.708. The third-order valence-corrected chi connectivity index (χ3v) is 3.99. The maximum absolute atomic E-state index is 5.40. The lowest BCUT2D eigenvalue weighted by Gasteiger charge is -2.30. The van der Waals surface area contributed by atoms with E-state index in [0.717, 1.165) is 25.0 Å². The molecule has 88 valence electrons. The van der Waals surface area contributed by atoms with Crippen molar-refractivity contribution in [3.05, 3.63) is 0 Å². The summed E-state index contributed by atoms with van der Waals surface area (Å²) in [4.78, 5) is 2.65. The predicted octanol–water partition coefficient (Wildman–Crippen LogP) is 2.54. The highest BCUT2D eigenvalue weighted by Gasteiger charge is 2.17. The zero-order valence-electron chi connectivity index (χ0n) is 10.1. The van der Waals surface area contributed by atoms with Crippen molar-refractivity contribution in [2.24, 2.45) is 11.8 Å². The lowest BCUT2D eigenvalue weighted by molar-refractivity contribution is 0.173. The van der Waals surface area contributed by atoms with Crippen molar-refractivity contribution < 1.29 is 4.74 Å². The van der Waals surface area contributed by atoms with E-state index >= 15 is 0 Å². The van der Waals surface area contributed by atoms with Crippen LogP contribution < -0.4 is 0 Å². The van der Waals surface area contributed by atoms with Gasteiger partial charge in [0.05, 0.1) is 0 Å². The molecule has 2 heterocycles. The van der Waals surface area contributed by atoms with Crippen LogP contribution in [0.4, 0.5) is 0 Å². The minimum Gasteiger partial charge on any atom is -0.381 e. The van der Waals surface area contributed by atoms with E-state index in [-0.39, 0.29) is 0 Å². The summed E-state index contributed by atoms with van der Waals surface area (Å²) >= 11 is 0. The van der Waals surface area contributed by atoms with Gasteiger partial charge in [0.15, 0.2) is 0 Å². The Balaban J connectivity index is 1.53. The molecule has 1 atom stereocenters. The van der Waals surface area contributed by atoms with Crippen molar-refractivity contribution in [2.45, 2.75) is 39.0 Å². The molecule has 0 aliphatic carbocycles. The van der Waals surface area contributed by atoms with Crippen LogP contribution in [0.2, 0.25) is 0 Å². The molecule has 1 unspecified atom stereocenters. The van der Waals surface area contributed by atoms with E-state index < -0.39 is 0 Å². The topological polar surface area (TPSA) is 12.5 Å². The molecule has 2 saturated heterocycles. The Hall–Kier alpha value is -0.0800. The van der Waals surface area contributed by atoms with Gasteiger partial charge in [-0.3, -0.25) is 0 Å². The third kappa shape index (κ3) is 3.76. The van der Waals surface area contributed by atoms with Crippen LogP contribution in [-0.4, -0.2) is 37.7 Å². The molecular formula is C13H25NO. The van der Waals surface area contributed by atoms with Gasteiger partial charge >= 0.3 is 0 Å².